The molecule has 26 heavy (non-hydrogen) atoms. The van der Waals surface area contributed by atoms with E-state index in [9.17, 15) is 4.79 Å². The first-order valence-corrected chi connectivity index (χ1v) is 8.90. The summed E-state index contributed by atoms with van der Waals surface area (Å²) in [4.78, 5) is 27.4. The number of rotatable bonds is 3. The van der Waals surface area contributed by atoms with E-state index in [2.05, 4.69) is 21.3 Å². The second-order valence-corrected chi connectivity index (χ2v) is 6.59. The molecule has 0 spiro atoms. The third-order valence-corrected chi connectivity index (χ3v) is 4.70. The van der Waals surface area contributed by atoms with Crippen molar-refractivity contribution in [1.29, 1.82) is 0 Å². The number of piperidine rings is 1. The number of carbonyl (C=O) groups is 1. The summed E-state index contributed by atoms with van der Waals surface area (Å²) in [6.45, 7) is 3.29. The largest absolute Gasteiger partial charge is 0.356 e. The monoisotopic (exact) mass is 347 g/mol. The molecule has 1 N–H and O–H groups in total. The molecule has 0 aliphatic carbocycles. The molecule has 6 nitrogen and oxygen atoms in total. The van der Waals surface area contributed by atoms with Gasteiger partial charge in [0.05, 0.1) is 5.52 Å². The Morgan fingerprint density at radius 1 is 1.12 bits per heavy atom. The molecular formula is C20H21N5O. The lowest BCUT2D eigenvalue weighted by Gasteiger charge is -2.33. The number of carbonyl (C=O) groups excluding carboxylic acids is 1. The minimum atomic E-state index is 0.0369. The van der Waals surface area contributed by atoms with Crippen molar-refractivity contribution in [3.63, 3.8) is 0 Å². The van der Waals surface area contributed by atoms with Gasteiger partial charge in [-0.3, -0.25) is 9.78 Å². The molecule has 0 atom stereocenters. The minimum absolute atomic E-state index is 0.0369. The lowest BCUT2D eigenvalue weighted by Crippen LogP contribution is -2.44. The molecule has 2 aromatic heterocycles. The van der Waals surface area contributed by atoms with Gasteiger partial charge in [0.25, 0.3) is 0 Å². The van der Waals surface area contributed by atoms with E-state index in [0.29, 0.717) is 5.82 Å². The highest BCUT2D eigenvalue weighted by Crippen LogP contribution is 2.29. The lowest BCUT2D eigenvalue weighted by molar-refractivity contribution is -0.119. The summed E-state index contributed by atoms with van der Waals surface area (Å²) in [5.41, 5.74) is 1.84. The van der Waals surface area contributed by atoms with E-state index in [4.69, 9.17) is 9.97 Å². The number of pyridine rings is 1. The van der Waals surface area contributed by atoms with Gasteiger partial charge in [-0.2, -0.15) is 0 Å². The zero-order valence-corrected chi connectivity index (χ0v) is 14.7. The zero-order valence-electron chi connectivity index (χ0n) is 14.7. The average Bonchev–Trinajstić information content (AvgIpc) is 2.68. The number of anilines is 1. The number of fused-ring (bicyclic) bond motifs is 1. The van der Waals surface area contributed by atoms with Gasteiger partial charge in [-0.05, 0) is 37.1 Å². The molecule has 3 aromatic rings. The van der Waals surface area contributed by atoms with Crippen LogP contribution in [-0.2, 0) is 4.79 Å². The molecule has 4 rings (SSSR count). The predicted molar refractivity (Wildman–Crippen MR) is 102 cm³/mol. The van der Waals surface area contributed by atoms with E-state index in [-0.39, 0.29) is 11.9 Å². The van der Waals surface area contributed by atoms with E-state index in [1.165, 1.54) is 0 Å². The maximum Gasteiger partial charge on any atom is 0.217 e. The molecule has 1 fully saturated rings. The van der Waals surface area contributed by atoms with Crippen LogP contribution in [-0.4, -0.2) is 40.0 Å². The lowest BCUT2D eigenvalue weighted by atomic mass is 10.0. The number of benzene rings is 1. The van der Waals surface area contributed by atoms with Gasteiger partial charge in [0.15, 0.2) is 5.82 Å². The van der Waals surface area contributed by atoms with Crippen molar-refractivity contribution in [2.24, 2.45) is 0 Å². The molecule has 1 saturated heterocycles. The van der Waals surface area contributed by atoms with Gasteiger partial charge >= 0.3 is 0 Å². The third kappa shape index (κ3) is 3.35. The van der Waals surface area contributed by atoms with Gasteiger partial charge in [0.2, 0.25) is 5.91 Å². The molecule has 132 valence electrons. The second-order valence-electron chi connectivity index (χ2n) is 6.59. The SMILES string of the molecule is CC(=O)NC1CCN(c2nc(-c3cccnc3)nc3ccccc23)CC1. The third-order valence-electron chi connectivity index (χ3n) is 4.70. The van der Waals surface area contributed by atoms with E-state index in [1.807, 2.05) is 30.3 Å². The van der Waals surface area contributed by atoms with Crippen molar-refractivity contribution in [3.05, 3.63) is 48.8 Å². The van der Waals surface area contributed by atoms with E-state index in [0.717, 1.165) is 48.2 Å². The maximum absolute atomic E-state index is 11.3. The first-order chi connectivity index (χ1) is 12.7. The predicted octanol–water partition coefficient (Wildman–Crippen LogP) is 2.80. The Kier molecular flexibility index (Phi) is 4.48. The molecule has 0 bridgehead atoms. The highest BCUT2D eigenvalue weighted by molar-refractivity contribution is 5.91. The summed E-state index contributed by atoms with van der Waals surface area (Å²) in [5, 5.41) is 4.08. The number of aromatic nitrogens is 3. The Labute approximate surface area is 152 Å². The smallest absolute Gasteiger partial charge is 0.217 e. The average molecular weight is 347 g/mol. The van der Waals surface area contributed by atoms with Crippen LogP contribution in [0.1, 0.15) is 19.8 Å². The van der Waals surface area contributed by atoms with Crippen LogP contribution < -0.4 is 10.2 Å². The summed E-state index contributed by atoms with van der Waals surface area (Å²) < 4.78 is 0. The Hall–Kier alpha value is -3.02. The highest BCUT2D eigenvalue weighted by Gasteiger charge is 2.23. The van der Waals surface area contributed by atoms with Crippen molar-refractivity contribution >= 4 is 22.6 Å². The van der Waals surface area contributed by atoms with Crippen LogP contribution in [0.2, 0.25) is 0 Å². The van der Waals surface area contributed by atoms with Crippen LogP contribution in [0, 0.1) is 0 Å². The minimum Gasteiger partial charge on any atom is -0.356 e. The number of para-hydroxylation sites is 1. The number of nitrogens with zero attached hydrogens (tertiary/aromatic N) is 4. The van der Waals surface area contributed by atoms with Crippen LogP contribution in [0.5, 0.6) is 0 Å². The normalized spacial score (nSPS) is 15.2. The fourth-order valence-electron chi connectivity index (χ4n) is 3.45. The van der Waals surface area contributed by atoms with E-state index < -0.39 is 0 Å². The number of amides is 1. The maximum atomic E-state index is 11.3. The summed E-state index contributed by atoms with van der Waals surface area (Å²) in [7, 11) is 0. The molecular weight excluding hydrogens is 326 g/mol. The Morgan fingerprint density at radius 2 is 1.92 bits per heavy atom. The quantitative estimate of drug-likeness (QED) is 0.789. The molecule has 3 heterocycles. The van der Waals surface area contributed by atoms with E-state index >= 15 is 0 Å². The summed E-state index contributed by atoms with van der Waals surface area (Å²) in [6.07, 6.45) is 5.37. The Balaban J connectivity index is 1.69. The first-order valence-electron chi connectivity index (χ1n) is 8.90. The number of nitrogens with one attached hydrogen (secondary N) is 1. The molecule has 1 aliphatic rings. The van der Waals surface area contributed by atoms with Gasteiger partial charge < -0.3 is 10.2 Å². The fraction of sp³-hybridized carbons (Fsp3) is 0.300. The molecule has 0 radical (unpaired) electrons. The molecule has 0 unspecified atom stereocenters. The van der Waals surface area contributed by atoms with Crippen molar-refractivity contribution in [2.75, 3.05) is 18.0 Å². The van der Waals surface area contributed by atoms with Crippen LogP contribution >= 0.6 is 0 Å². The van der Waals surface area contributed by atoms with Gasteiger partial charge in [0.1, 0.15) is 5.82 Å². The van der Waals surface area contributed by atoms with Crippen molar-refractivity contribution in [3.8, 4) is 11.4 Å². The number of hydrogen-bond donors (Lipinski definition) is 1. The van der Waals surface area contributed by atoms with Crippen molar-refractivity contribution < 1.29 is 4.79 Å². The molecule has 1 aromatic carbocycles. The molecule has 0 saturated carbocycles. The summed E-state index contributed by atoms with van der Waals surface area (Å²) in [6, 6.07) is 12.2. The standard InChI is InChI=1S/C20H21N5O/c1-14(26)22-16-8-11-25(12-9-16)20-17-6-2-3-7-18(17)23-19(24-20)15-5-4-10-21-13-15/h2-7,10,13,16H,8-9,11-12H2,1H3,(H,22,26). The fourth-order valence-corrected chi connectivity index (χ4v) is 3.45. The summed E-state index contributed by atoms with van der Waals surface area (Å²) >= 11 is 0. The topological polar surface area (TPSA) is 71.0 Å². The Bertz CT molecular complexity index is 920. The van der Waals surface area contributed by atoms with Crippen LogP contribution in [0.4, 0.5) is 5.82 Å². The van der Waals surface area contributed by atoms with Gasteiger partial charge in [-0.1, -0.05) is 12.1 Å². The zero-order chi connectivity index (χ0) is 17.9. The van der Waals surface area contributed by atoms with Gasteiger partial charge in [-0.25, -0.2) is 9.97 Å². The molecule has 1 amide bonds. The molecule has 6 heteroatoms. The Morgan fingerprint density at radius 3 is 2.65 bits per heavy atom. The highest BCUT2D eigenvalue weighted by atomic mass is 16.1. The second kappa shape index (κ2) is 7.07. The summed E-state index contributed by atoms with van der Waals surface area (Å²) in [5.74, 6) is 1.68. The van der Waals surface area contributed by atoms with Crippen LogP contribution in [0.25, 0.3) is 22.3 Å². The van der Waals surface area contributed by atoms with Crippen molar-refractivity contribution in [2.45, 2.75) is 25.8 Å². The van der Waals surface area contributed by atoms with Crippen molar-refractivity contribution in [1.82, 2.24) is 20.3 Å². The van der Waals surface area contributed by atoms with Crippen LogP contribution in [0.15, 0.2) is 48.8 Å². The van der Waals surface area contributed by atoms with Crippen LogP contribution in [0.3, 0.4) is 0 Å². The van der Waals surface area contributed by atoms with Gasteiger partial charge in [-0.15, -0.1) is 0 Å². The van der Waals surface area contributed by atoms with E-state index in [1.54, 1.807) is 19.3 Å². The first kappa shape index (κ1) is 16.4. The molecule has 1 aliphatic heterocycles. The van der Waals surface area contributed by atoms with Gasteiger partial charge in [0, 0.05) is 49.4 Å². The number of hydrogen-bond acceptors (Lipinski definition) is 5.